The minimum atomic E-state index is 0.543. The first kappa shape index (κ1) is 12.5. The number of hydrogen-bond donors (Lipinski definition) is 0. The van der Waals surface area contributed by atoms with Crippen LogP contribution in [0.1, 0.15) is 85.0 Å². The van der Waals surface area contributed by atoms with E-state index in [9.17, 15) is 0 Å². The molecule has 0 amide bonds. The molecule has 0 bridgehead atoms. The molecule has 2 aliphatic rings. The van der Waals surface area contributed by atoms with Crippen LogP contribution in [0.5, 0.6) is 0 Å². The van der Waals surface area contributed by atoms with Crippen LogP contribution in [0, 0.1) is 16.7 Å². The lowest BCUT2D eigenvalue weighted by Crippen LogP contribution is -2.30. The fraction of sp³-hybridized carbons (Fsp3) is 1.00. The third kappa shape index (κ3) is 3.25. The average molecular weight is 222 g/mol. The normalized spacial score (nSPS) is 27.2. The highest BCUT2D eigenvalue weighted by atomic mass is 14.4. The zero-order valence-corrected chi connectivity index (χ0v) is 11.6. The fourth-order valence-corrected chi connectivity index (χ4v) is 4.16. The molecule has 0 unspecified atom stereocenters. The van der Waals surface area contributed by atoms with Gasteiger partial charge in [-0.3, -0.25) is 0 Å². The molecule has 0 nitrogen and oxygen atoms in total. The Bertz CT molecular complexity index is 205. The topological polar surface area (TPSA) is 0 Å². The van der Waals surface area contributed by atoms with Crippen LogP contribution in [-0.2, 0) is 0 Å². The van der Waals surface area contributed by atoms with Gasteiger partial charge in [0.05, 0.1) is 0 Å². The Morgan fingerprint density at radius 3 is 1.94 bits per heavy atom. The lowest BCUT2D eigenvalue weighted by Gasteiger charge is -2.44. The van der Waals surface area contributed by atoms with Crippen LogP contribution in [0.4, 0.5) is 0 Å². The molecule has 0 aromatic rings. The summed E-state index contributed by atoms with van der Waals surface area (Å²) in [6.45, 7) is 7.20. The first-order valence-electron chi connectivity index (χ1n) is 7.49. The highest BCUT2D eigenvalue weighted by Crippen LogP contribution is 2.50. The van der Waals surface area contributed by atoms with Gasteiger partial charge < -0.3 is 0 Å². The molecule has 0 atom stereocenters. The zero-order chi connectivity index (χ0) is 11.6. The Morgan fingerprint density at radius 2 is 1.44 bits per heavy atom. The summed E-state index contributed by atoms with van der Waals surface area (Å²) in [5, 5.41) is 0. The van der Waals surface area contributed by atoms with Gasteiger partial charge in [-0.2, -0.15) is 0 Å². The summed E-state index contributed by atoms with van der Waals surface area (Å²) in [5.74, 6) is 1.03. The summed E-state index contributed by atoms with van der Waals surface area (Å²) in [6.07, 6.45) is 15.2. The molecule has 0 heterocycles. The monoisotopic (exact) mass is 222 g/mol. The predicted octanol–water partition coefficient (Wildman–Crippen LogP) is 5.56. The van der Waals surface area contributed by atoms with E-state index in [1.165, 1.54) is 38.5 Å². The molecule has 1 spiro atoms. The van der Waals surface area contributed by atoms with Gasteiger partial charge in [-0.25, -0.2) is 0 Å². The van der Waals surface area contributed by atoms with Crippen LogP contribution in [0.25, 0.3) is 0 Å². The molecule has 0 heteroatoms. The third-order valence-corrected chi connectivity index (χ3v) is 4.98. The van der Waals surface area contributed by atoms with Gasteiger partial charge in [0.2, 0.25) is 0 Å². The van der Waals surface area contributed by atoms with Gasteiger partial charge in [-0.15, -0.1) is 0 Å². The van der Waals surface area contributed by atoms with E-state index < -0.39 is 0 Å². The Kier molecular flexibility index (Phi) is 3.66. The minimum absolute atomic E-state index is 0.543. The smallest absolute Gasteiger partial charge is 0.0297 e. The molecule has 0 aliphatic heterocycles. The van der Waals surface area contributed by atoms with Crippen LogP contribution in [0.3, 0.4) is 0 Å². The molecule has 0 N–H and O–H groups in total. The molecule has 2 aliphatic carbocycles. The number of hydrogen-bond acceptors (Lipinski definition) is 0. The van der Waals surface area contributed by atoms with Crippen LogP contribution in [0.15, 0.2) is 0 Å². The molecule has 0 aromatic heterocycles. The Morgan fingerprint density at radius 1 is 0.875 bits per heavy atom. The van der Waals surface area contributed by atoms with Crippen molar-refractivity contribution < 1.29 is 0 Å². The summed E-state index contributed by atoms with van der Waals surface area (Å²) in [7, 11) is 0. The summed E-state index contributed by atoms with van der Waals surface area (Å²) in [6, 6.07) is 0. The standard InChI is InChI=1S/C16H30/c1-15(2,3)13-14-7-11-16(12-8-14)9-5-4-6-10-16/h14H,4-13H2,1-3H3. The van der Waals surface area contributed by atoms with E-state index in [4.69, 9.17) is 0 Å². The van der Waals surface area contributed by atoms with Gasteiger partial charge in [0.15, 0.2) is 0 Å². The van der Waals surface area contributed by atoms with E-state index in [2.05, 4.69) is 20.8 Å². The molecule has 0 radical (unpaired) electrons. The van der Waals surface area contributed by atoms with Crippen molar-refractivity contribution >= 4 is 0 Å². The average Bonchev–Trinajstić information content (AvgIpc) is 2.22. The van der Waals surface area contributed by atoms with Crippen molar-refractivity contribution in [2.45, 2.75) is 85.0 Å². The van der Waals surface area contributed by atoms with E-state index in [0.29, 0.717) is 5.41 Å². The maximum Gasteiger partial charge on any atom is -0.0297 e. The van der Waals surface area contributed by atoms with Crippen molar-refractivity contribution in [3.8, 4) is 0 Å². The molecule has 2 saturated carbocycles. The first-order chi connectivity index (χ1) is 7.49. The minimum Gasteiger partial charge on any atom is -0.0602 e. The second-order valence-electron chi connectivity index (χ2n) is 7.77. The van der Waals surface area contributed by atoms with Crippen molar-refractivity contribution in [1.82, 2.24) is 0 Å². The summed E-state index contributed by atoms with van der Waals surface area (Å²) in [5.41, 5.74) is 1.36. The Hall–Kier alpha value is 0. The quantitative estimate of drug-likeness (QED) is 0.544. The summed E-state index contributed by atoms with van der Waals surface area (Å²) < 4.78 is 0. The molecular weight excluding hydrogens is 192 g/mol. The molecule has 94 valence electrons. The van der Waals surface area contributed by atoms with E-state index in [0.717, 1.165) is 11.3 Å². The van der Waals surface area contributed by atoms with E-state index in [1.807, 2.05) is 0 Å². The van der Waals surface area contributed by atoms with Crippen LogP contribution < -0.4 is 0 Å². The van der Waals surface area contributed by atoms with Crippen molar-refractivity contribution in [2.75, 3.05) is 0 Å². The SMILES string of the molecule is CC(C)(C)CC1CCC2(CCCCC2)CC1. The summed E-state index contributed by atoms with van der Waals surface area (Å²) in [4.78, 5) is 0. The van der Waals surface area contributed by atoms with Crippen LogP contribution >= 0.6 is 0 Å². The second kappa shape index (κ2) is 4.70. The van der Waals surface area contributed by atoms with Gasteiger partial charge in [0.25, 0.3) is 0 Å². The highest BCUT2D eigenvalue weighted by molar-refractivity contribution is 4.88. The number of rotatable bonds is 1. The zero-order valence-electron chi connectivity index (χ0n) is 11.6. The van der Waals surface area contributed by atoms with E-state index >= 15 is 0 Å². The highest BCUT2D eigenvalue weighted by Gasteiger charge is 2.36. The van der Waals surface area contributed by atoms with Gasteiger partial charge in [-0.05, 0) is 61.7 Å². The molecule has 0 aromatic carbocycles. The maximum absolute atomic E-state index is 2.40. The van der Waals surface area contributed by atoms with Gasteiger partial charge >= 0.3 is 0 Å². The lowest BCUT2D eigenvalue weighted by molar-refractivity contribution is 0.0828. The van der Waals surface area contributed by atoms with Crippen molar-refractivity contribution in [3.63, 3.8) is 0 Å². The lowest BCUT2D eigenvalue weighted by atomic mass is 9.62. The molecule has 2 fully saturated rings. The Labute approximate surface area is 102 Å². The van der Waals surface area contributed by atoms with E-state index in [1.54, 1.807) is 25.7 Å². The molecule has 0 saturated heterocycles. The predicted molar refractivity (Wildman–Crippen MR) is 71.5 cm³/mol. The van der Waals surface area contributed by atoms with Gasteiger partial charge in [0, 0.05) is 0 Å². The van der Waals surface area contributed by atoms with Gasteiger partial charge in [0.1, 0.15) is 0 Å². The van der Waals surface area contributed by atoms with Crippen molar-refractivity contribution in [3.05, 3.63) is 0 Å². The molecular formula is C16H30. The fourth-order valence-electron chi connectivity index (χ4n) is 4.16. The third-order valence-electron chi connectivity index (χ3n) is 4.98. The maximum atomic E-state index is 2.40. The first-order valence-corrected chi connectivity index (χ1v) is 7.49. The molecule has 2 rings (SSSR count). The van der Waals surface area contributed by atoms with Gasteiger partial charge in [-0.1, -0.05) is 40.0 Å². The summed E-state index contributed by atoms with van der Waals surface area (Å²) >= 11 is 0. The second-order valence-corrected chi connectivity index (χ2v) is 7.77. The van der Waals surface area contributed by atoms with Crippen molar-refractivity contribution in [1.29, 1.82) is 0 Å². The van der Waals surface area contributed by atoms with Crippen molar-refractivity contribution in [2.24, 2.45) is 16.7 Å². The van der Waals surface area contributed by atoms with Crippen LogP contribution in [0.2, 0.25) is 0 Å². The Balaban J connectivity index is 1.82. The largest absolute Gasteiger partial charge is 0.0602 e. The van der Waals surface area contributed by atoms with Crippen LogP contribution in [-0.4, -0.2) is 0 Å². The molecule has 16 heavy (non-hydrogen) atoms. The van der Waals surface area contributed by atoms with E-state index in [-0.39, 0.29) is 0 Å².